The van der Waals surface area contributed by atoms with E-state index in [1.165, 1.54) is 0 Å². The first-order chi connectivity index (χ1) is 6.21. The summed E-state index contributed by atoms with van der Waals surface area (Å²) in [5.74, 6) is 0. The van der Waals surface area contributed by atoms with Crippen molar-refractivity contribution in [2.24, 2.45) is 0 Å². The van der Waals surface area contributed by atoms with E-state index in [1.807, 2.05) is 0 Å². The molecule has 0 amide bonds. The molecular formula is C11H28O2Si2. The number of rotatable bonds is 2. The van der Waals surface area contributed by atoms with E-state index in [9.17, 15) is 4.80 Å². The van der Waals surface area contributed by atoms with E-state index >= 15 is 0 Å². The predicted octanol–water partition coefficient (Wildman–Crippen LogP) is 3.87. The van der Waals surface area contributed by atoms with E-state index in [1.54, 1.807) is 0 Å². The SMILES string of the molecule is CC(C)(C)[Si](O)(O[Si](C)(C)C)C(C)(C)C. The number of hydrogen-bond acceptors (Lipinski definition) is 2. The van der Waals surface area contributed by atoms with Gasteiger partial charge in [-0.2, -0.15) is 0 Å². The Morgan fingerprint density at radius 2 is 1.07 bits per heavy atom. The van der Waals surface area contributed by atoms with Crippen molar-refractivity contribution < 1.29 is 8.91 Å². The molecule has 0 aromatic rings. The Morgan fingerprint density at radius 1 is 0.800 bits per heavy atom. The van der Waals surface area contributed by atoms with E-state index < -0.39 is 16.9 Å². The molecule has 0 atom stereocenters. The molecule has 0 saturated heterocycles. The largest absolute Gasteiger partial charge is 0.435 e. The molecule has 0 heterocycles. The van der Waals surface area contributed by atoms with Crippen molar-refractivity contribution in [3.8, 4) is 0 Å². The quantitative estimate of drug-likeness (QED) is 0.752. The molecule has 4 heteroatoms. The van der Waals surface area contributed by atoms with Crippen molar-refractivity contribution >= 4 is 16.9 Å². The Bertz CT molecular complexity index is 204. The summed E-state index contributed by atoms with van der Waals surface area (Å²) in [6, 6.07) is 0. The third-order valence-electron chi connectivity index (χ3n) is 2.49. The molecule has 0 aliphatic heterocycles. The minimum Gasteiger partial charge on any atom is -0.435 e. The van der Waals surface area contributed by atoms with Gasteiger partial charge >= 0.3 is 8.56 Å². The van der Waals surface area contributed by atoms with Crippen LogP contribution >= 0.6 is 0 Å². The second-order valence-electron chi connectivity index (χ2n) is 7.36. The summed E-state index contributed by atoms with van der Waals surface area (Å²) in [7, 11) is -4.43. The van der Waals surface area contributed by atoms with Crippen LogP contribution in [0.1, 0.15) is 41.5 Å². The fourth-order valence-electron chi connectivity index (χ4n) is 1.87. The molecule has 1 N–H and O–H groups in total. The smallest absolute Gasteiger partial charge is 0.336 e. The molecule has 0 aliphatic rings. The van der Waals surface area contributed by atoms with Crippen molar-refractivity contribution in [1.82, 2.24) is 0 Å². The lowest BCUT2D eigenvalue weighted by atomic mass is 10.2. The topological polar surface area (TPSA) is 29.5 Å². The monoisotopic (exact) mass is 248 g/mol. The van der Waals surface area contributed by atoms with E-state index in [-0.39, 0.29) is 10.1 Å². The van der Waals surface area contributed by atoms with Crippen LogP contribution < -0.4 is 0 Å². The lowest BCUT2D eigenvalue weighted by Gasteiger charge is -2.48. The van der Waals surface area contributed by atoms with Crippen LogP contribution in [0.5, 0.6) is 0 Å². The van der Waals surface area contributed by atoms with Crippen LogP contribution in [0, 0.1) is 0 Å². The van der Waals surface area contributed by atoms with Gasteiger partial charge in [0.15, 0.2) is 8.32 Å². The van der Waals surface area contributed by atoms with Gasteiger partial charge in [0.05, 0.1) is 0 Å². The van der Waals surface area contributed by atoms with Crippen LogP contribution in [-0.4, -0.2) is 21.7 Å². The summed E-state index contributed by atoms with van der Waals surface area (Å²) in [6.07, 6.45) is 0. The Labute approximate surface area is 97.4 Å². The second kappa shape index (κ2) is 3.98. The Morgan fingerprint density at radius 3 is 1.13 bits per heavy atom. The Hall–Kier alpha value is 0.354. The lowest BCUT2D eigenvalue weighted by molar-refractivity contribution is 0.281. The van der Waals surface area contributed by atoms with Gasteiger partial charge in [0.2, 0.25) is 0 Å². The van der Waals surface area contributed by atoms with Crippen LogP contribution in [0.4, 0.5) is 0 Å². The lowest BCUT2D eigenvalue weighted by Crippen LogP contribution is -2.59. The summed E-state index contributed by atoms with van der Waals surface area (Å²) >= 11 is 0. The molecule has 0 aliphatic carbocycles. The van der Waals surface area contributed by atoms with Gasteiger partial charge in [-0.3, -0.25) is 0 Å². The maximum absolute atomic E-state index is 11.0. The highest BCUT2D eigenvalue weighted by Gasteiger charge is 2.56. The zero-order chi connectivity index (χ0) is 12.7. The molecule has 0 aromatic heterocycles. The molecule has 0 fully saturated rings. The van der Waals surface area contributed by atoms with Gasteiger partial charge in [0.1, 0.15) is 0 Å². The van der Waals surface area contributed by atoms with Crippen LogP contribution in [0.3, 0.4) is 0 Å². The van der Waals surface area contributed by atoms with Crippen LogP contribution in [0.15, 0.2) is 0 Å². The highest BCUT2D eigenvalue weighted by molar-refractivity contribution is 6.84. The van der Waals surface area contributed by atoms with Crippen molar-refractivity contribution in [2.75, 3.05) is 0 Å². The maximum Gasteiger partial charge on any atom is 0.336 e. The molecule has 0 aromatic carbocycles. The average Bonchev–Trinajstić information content (AvgIpc) is 1.77. The first-order valence-electron chi connectivity index (χ1n) is 5.63. The van der Waals surface area contributed by atoms with Gasteiger partial charge in [0.25, 0.3) is 0 Å². The standard InChI is InChI=1S/C11H28O2Si2/c1-10(2,3)15(12,11(4,5)6)13-14(7,8)9/h12H,1-9H3. The minimum atomic E-state index is -2.73. The highest BCUT2D eigenvalue weighted by Crippen LogP contribution is 2.50. The van der Waals surface area contributed by atoms with E-state index in [2.05, 4.69) is 61.2 Å². The Kier molecular flexibility index (Phi) is 4.08. The molecule has 0 unspecified atom stereocenters. The van der Waals surface area contributed by atoms with Gasteiger partial charge < -0.3 is 8.91 Å². The van der Waals surface area contributed by atoms with Gasteiger partial charge in [-0.1, -0.05) is 41.5 Å². The fraction of sp³-hybridized carbons (Fsp3) is 1.00. The van der Waals surface area contributed by atoms with Crippen molar-refractivity contribution in [2.45, 2.75) is 71.3 Å². The van der Waals surface area contributed by atoms with Gasteiger partial charge in [-0.05, 0) is 19.6 Å². The third-order valence-corrected chi connectivity index (χ3v) is 10.2. The first kappa shape index (κ1) is 15.4. The van der Waals surface area contributed by atoms with Crippen molar-refractivity contribution in [3.05, 3.63) is 0 Å². The fourth-order valence-corrected chi connectivity index (χ4v) is 10.1. The zero-order valence-electron chi connectivity index (χ0n) is 11.9. The second-order valence-corrected chi connectivity index (χ2v) is 16.7. The van der Waals surface area contributed by atoms with Gasteiger partial charge in [0, 0.05) is 10.1 Å². The molecule has 0 rings (SSSR count). The van der Waals surface area contributed by atoms with Crippen LogP contribution in [-0.2, 0) is 4.12 Å². The molecule has 0 bridgehead atoms. The molecule has 15 heavy (non-hydrogen) atoms. The molecule has 0 spiro atoms. The molecule has 2 nitrogen and oxygen atoms in total. The van der Waals surface area contributed by atoms with Crippen LogP contribution in [0.2, 0.25) is 29.7 Å². The first-order valence-corrected chi connectivity index (χ1v) is 10.9. The summed E-state index contributed by atoms with van der Waals surface area (Å²) in [6.45, 7) is 19.0. The summed E-state index contributed by atoms with van der Waals surface area (Å²) in [5.41, 5.74) is 0. The van der Waals surface area contributed by atoms with Crippen LogP contribution in [0.25, 0.3) is 0 Å². The van der Waals surface area contributed by atoms with Crippen molar-refractivity contribution in [3.63, 3.8) is 0 Å². The van der Waals surface area contributed by atoms with E-state index in [0.29, 0.717) is 0 Å². The van der Waals surface area contributed by atoms with Gasteiger partial charge in [-0.25, -0.2) is 0 Å². The third kappa shape index (κ3) is 3.69. The zero-order valence-corrected chi connectivity index (χ0v) is 13.9. The molecular weight excluding hydrogens is 220 g/mol. The predicted molar refractivity (Wildman–Crippen MR) is 71.8 cm³/mol. The van der Waals surface area contributed by atoms with E-state index in [4.69, 9.17) is 4.12 Å². The average molecular weight is 249 g/mol. The van der Waals surface area contributed by atoms with Gasteiger partial charge in [-0.15, -0.1) is 0 Å². The summed E-state index contributed by atoms with van der Waals surface area (Å²) in [4.78, 5) is 11.0. The minimum absolute atomic E-state index is 0.147. The normalized spacial score (nSPS) is 15.6. The van der Waals surface area contributed by atoms with Crippen molar-refractivity contribution in [1.29, 1.82) is 0 Å². The summed E-state index contributed by atoms with van der Waals surface area (Å²) < 4.78 is 6.19. The maximum atomic E-state index is 11.0. The summed E-state index contributed by atoms with van der Waals surface area (Å²) in [5, 5.41) is -0.295. The van der Waals surface area contributed by atoms with E-state index in [0.717, 1.165) is 0 Å². The Balaban J connectivity index is 5.26. The molecule has 0 saturated carbocycles. The molecule has 92 valence electrons. The number of hydrogen-bond donors (Lipinski definition) is 1. The molecule has 0 radical (unpaired) electrons. The highest BCUT2D eigenvalue weighted by atomic mass is 28.4.